The minimum absolute atomic E-state index is 0.0871. The number of halogens is 1. The van der Waals surface area contributed by atoms with Crippen molar-refractivity contribution in [1.29, 1.82) is 0 Å². The van der Waals surface area contributed by atoms with Gasteiger partial charge in [-0.15, -0.1) is 0 Å². The average Bonchev–Trinajstić information content (AvgIpc) is 2.64. The van der Waals surface area contributed by atoms with Gasteiger partial charge in [0, 0.05) is 32.3 Å². The Hall–Kier alpha value is -2.60. The first-order valence-corrected chi connectivity index (χ1v) is 9.07. The zero-order valence-corrected chi connectivity index (χ0v) is 15.7. The zero-order valence-electron chi connectivity index (χ0n) is 15.7. The predicted octanol–water partition coefficient (Wildman–Crippen LogP) is 2.79. The molecule has 0 radical (unpaired) electrons. The van der Waals surface area contributed by atoms with Gasteiger partial charge in [0.15, 0.2) is 0 Å². The van der Waals surface area contributed by atoms with Gasteiger partial charge < -0.3 is 19.7 Å². The number of carbonyl (C=O) groups is 1. The van der Waals surface area contributed by atoms with Gasteiger partial charge in [0.05, 0.1) is 25.7 Å². The highest BCUT2D eigenvalue weighted by molar-refractivity contribution is 5.79. The number of rotatable bonds is 6. The van der Waals surface area contributed by atoms with Crippen LogP contribution in [0.2, 0.25) is 0 Å². The molecule has 3 rings (SSSR count). The van der Waals surface area contributed by atoms with Crippen molar-refractivity contribution in [2.24, 2.45) is 0 Å². The molecule has 0 saturated carbocycles. The lowest BCUT2D eigenvalue weighted by Crippen LogP contribution is -2.52. The summed E-state index contributed by atoms with van der Waals surface area (Å²) in [6, 6.07) is 13.7. The SMILES string of the molecule is CN(C)c1ccc(CC(=O)N[C@@H]2COCC[C@@H]2Oc2cccc(F)c2)cc1. The number of hydrogen-bond acceptors (Lipinski definition) is 4. The summed E-state index contributed by atoms with van der Waals surface area (Å²) in [5.41, 5.74) is 2.03. The fraction of sp³-hybridized carbons (Fsp3) is 0.381. The highest BCUT2D eigenvalue weighted by atomic mass is 19.1. The van der Waals surface area contributed by atoms with E-state index < -0.39 is 0 Å². The largest absolute Gasteiger partial charge is 0.488 e. The number of amides is 1. The third-order valence-electron chi connectivity index (χ3n) is 4.54. The first kappa shape index (κ1) is 19.2. The van der Waals surface area contributed by atoms with Crippen molar-refractivity contribution in [3.63, 3.8) is 0 Å². The molecule has 0 spiro atoms. The molecule has 0 unspecified atom stereocenters. The van der Waals surface area contributed by atoms with E-state index >= 15 is 0 Å². The summed E-state index contributed by atoms with van der Waals surface area (Å²) in [6.45, 7) is 0.934. The Morgan fingerprint density at radius 3 is 2.74 bits per heavy atom. The van der Waals surface area contributed by atoms with Gasteiger partial charge in [0.25, 0.3) is 0 Å². The number of carbonyl (C=O) groups excluding carboxylic acids is 1. The fourth-order valence-corrected chi connectivity index (χ4v) is 3.06. The highest BCUT2D eigenvalue weighted by Crippen LogP contribution is 2.19. The number of anilines is 1. The van der Waals surface area contributed by atoms with Gasteiger partial charge in [-0.2, -0.15) is 0 Å². The molecule has 6 heteroatoms. The highest BCUT2D eigenvalue weighted by Gasteiger charge is 2.29. The Kier molecular flexibility index (Phi) is 6.29. The van der Waals surface area contributed by atoms with Crippen molar-refractivity contribution in [2.75, 3.05) is 32.2 Å². The maximum Gasteiger partial charge on any atom is 0.224 e. The molecule has 5 nitrogen and oxygen atoms in total. The van der Waals surface area contributed by atoms with Crippen molar-refractivity contribution < 1.29 is 18.7 Å². The van der Waals surface area contributed by atoms with E-state index in [2.05, 4.69) is 5.32 Å². The maximum absolute atomic E-state index is 13.4. The molecule has 0 aromatic heterocycles. The van der Waals surface area contributed by atoms with Crippen LogP contribution in [0.15, 0.2) is 48.5 Å². The molecule has 0 bridgehead atoms. The first-order valence-electron chi connectivity index (χ1n) is 9.07. The molecule has 2 aromatic carbocycles. The van der Waals surface area contributed by atoms with Crippen LogP contribution < -0.4 is 15.0 Å². The van der Waals surface area contributed by atoms with E-state index in [1.165, 1.54) is 12.1 Å². The zero-order chi connectivity index (χ0) is 19.2. The normalized spacial score (nSPS) is 19.4. The first-order chi connectivity index (χ1) is 13.0. The molecule has 1 aliphatic heterocycles. The van der Waals surface area contributed by atoms with Crippen LogP contribution in [0.5, 0.6) is 5.75 Å². The Balaban J connectivity index is 1.59. The molecule has 1 heterocycles. The molecule has 2 atom stereocenters. The van der Waals surface area contributed by atoms with Crippen LogP contribution in [0, 0.1) is 5.82 Å². The number of ether oxygens (including phenoxy) is 2. The summed E-state index contributed by atoms with van der Waals surface area (Å²) >= 11 is 0. The second kappa shape index (κ2) is 8.86. The van der Waals surface area contributed by atoms with E-state index in [0.29, 0.717) is 25.4 Å². The second-order valence-corrected chi connectivity index (χ2v) is 6.89. The molecule has 1 fully saturated rings. The third-order valence-corrected chi connectivity index (χ3v) is 4.54. The van der Waals surface area contributed by atoms with Crippen molar-refractivity contribution in [3.05, 3.63) is 59.9 Å². The minimum atomic E-state index is -0.346. The lowest BCUT2D eigenvalue weighted by Gasteiger charge is -2.32. The molecule has 144 valence electrons. The van der Waals surface area contributed by atoms with Gasteiger partial charge in [-0.1, -0.05) is 18.2 Å². The van der Waals surface area contributed by atoms with E-state index in [4.69, 9.17) is 9.47 Å². The lowest BCUT2D eigenvalue weighted by molar-refractivity contribution is -0.123. The van der Waals surface area contributed by atoms with E-state index in [1.807, 2.05) is 43.3 Å². The van der Waals surface area contributed by atoms with E-state index in [1.54, 1.807) is 12.1 Å². The summed E-state index contributed by atoms with van der Waals surface area (Å²) in [5.74, 6) is 0.0256. The summed E-state index contributed by atoms with van der Waals surface area (Å²) in [4.78, 5) is 14.5. The van der Waals surface area contributed by atoms with E-state index in [9.17, 15) is 9.18 Å². The van der Waals surface area contributed by atoms with E-state index in [-0.39, 0.29) is 30.3 Å². The second-order valence-electron chi connectivity index (χ2n) is 6.89. The van der Waals surface area contributed by atoms with Crippen molar-refractivity contribution >= 4 is 11.6 Å². The van der Waals surface area contributed by atoms with Crippen LogP contribution in [0.3, 0.4) is 0 Å². The summed E-state index contributed by atoms with van der Waals surface area (Å²) in [5, 5.41) is 3.00. The molecule has 27 heavy (non-hydrogen) atoms. The van der Waals surface area contributed by atoms with Crippen LogP contribution in [0.1, 0.15) is 12.0 Å². The van der Waals surface area contributed by atoms with Gasteiger partial charge in [-0.3, -0.25) is 4.79 Å². The van der Waals surface area contributed by atoms with E-state index in [0.717, 1.165) is 11.3 Å². The van der Waals surface area contributed by atoms with Gasteiger partial charge >= 0.3 is 0 Å². The Morgan fingerprint density at radius 2 is 2.04 bits per heavy atom. The van der Waals surface area contributed by atoms with Crippen LogP contribution in [-0.4, -0.2) is 45.4 Å². The van der Waals surface area contributed by atoms with Crippen LogP contribution >= 0.6 is 0 Å². The van der Waals surface area contributed by atoms with Gasteiger partial charge in [0.1, 0.15) is 17.7 Å². The predicted molar refractivity (Wildman–Crippen MR) is 103 cm³/mol. The standard InChI is InChI=1S/C21H25FN2O3/c1-24(2)17-8-6-15(7-9-17)12-21(25)23-19-14-26-11-10-20(19)27-18-5-3-4-16(22)13-18/h3-9,13,19-20H,10-12,14H2,1-2H3,(H,23,25)/t19-,20+/m1/s1. The molecule has 2 aromatic rings. The Labute approximate surface area is 159 Å². The van der Waals surface area contributed by atoms with Gasteiger partial charge in [-0.25, -0.2) is 4.39 Å². The molecule has 1 aliphatic rings. The quantitative estimate of drug-likeness (QED) is 0.847. The van der Waals surface area contributed by atoms with Crippen molar-refractivity contribution in [3.8, 4) is 5.75 Å². The number of nitrogens with zero attached hydrogens (tertiary/aromatic N) is 1. The number of nitrogens with one attached hydrogen (secondary N) is 1. The summed E-state index contributed by atoms with van der Waals surface area (Å²) in [7, 11) is 3.95. The Bertz CT molecular complexity index is 764. The van der Waals surface area contributed by atoms with Crippen molar-refractivity contribution in [2.45, 2.75) is 25.0 Å². The maximum atomic E-state index is 13.4. The smallest absolute Gasteiger partial charge is 0.224 e. The van der Waals surface area contributed by atoms with Crippen LogP contribution in [0.25, 0.3) is 0 Å². The molecular weight excluding hydrogens is 347 g/mol. The number of hydrogen-bond donors (Lipinski definition) is 1. The molecular formula is C21H25FN2O3. The monoisotopic (exact) mass is 372 g/mol. The minimum Gasteiger partial charge on any atom is -0.488 e. The van der Waals surface area contributed by atoms with Crippen molar-refractivity contribution in [1.82, 2.24) is 5.32 Å². The molecule has 1 saturated heterocycles. The van der Waals surface area contributed by atoms with Crippen LogP contribution in [-0.2, 0) is 16.0 Å². The third kappa shape index (κ3) is 5.44. The molecule has 1 amide bonds. The van der Waals surface area contributed by atoms with Gasteiger partial charge in [-0.05, 0) is 29.8 Å². The topological polar surface area (TPSA) is 50.8 Å². The fourth-order valence-electron chi connectivity index (χ4n) is 3.06. The Morgan fingerprint density at radius 1 is 1.26 bits per heavy atom. The summed E-state index contributed by atoms with van der Waals surface area (Å²) in [6.07, 6.45) is 0.677. The molecule has 0 aliphatic carbocycles. The lowest BCUT2D eigenvalue weighted by atomic mass is 10.1. The number of benzene rings is 2. The average molecular weight is 372 g/mol. The van der Waals surface area contributed by atoms with Gasteiger partial charge in [0.2, 0.25) is 5.91 Å². The van der Waals surface area contributed by atoms with Crippen LogP contribution in [0.4, 0.5) is 10.1 Å². The summed E-state index contributed by atoms with van der Waals surface area (Å²) < 4.78 is 24.8. The molecule has 1 N–H and O–H groups in total.